The maximum absolute atomic E-state index is 13.3. The van der Waals surface area contributed by atoms with Crippen molar-refractivity contribution < 1.29 is 9.18 Å². The predicted molar refractivity (Wildman–Crippen MR) is 93.8 cm³/mol. The summed E-state index contributed by atoms with van der Waals surface area (Å²) in [5.74, 6) is -0.100. The van der Waals surface area contributed by atoms with Crippen molar-refractivity contribution in [2.75, 3.05) is 26.2 Å². The van der Waals surface area contributed by atoms with Crippen molar-refractivity contribution in [1.82, 2.24) is 14.8 Å². The summed E-state index contributed by atoms with van der Waals surface area (Å²) in [5, 5.41) is 0.944. The molecular formula is C18H22FN3OS. The molecule has 6 heteroatoms. The Hall–Kier alpha value is -1.79. The Morgan fingerprint density at radius 2 is 2.04 bits per heavy atom. The molecule has 128 valence electrons. The monoisotopic (exact) mass is 347 g/mol. The molecule has 4 nitrogen and oxygen atoms in total. The molecule has 3 rings (SSSR count). The number of carbonyl (C=O) groups excluding carboxylic acids is 1. The number of carbonyl (C=O) groups is 1. The van der Waals surface area contributed by atoms with Gasteiger partial charge < -0.3 is 4.90 Å². The van der Waals surface area contributed by atoms with E-state index in [0.717, 1.165) is 47.2 Å². The third-order valence-electron chi connectivity index (χ3n) is 4.29. The molecule has 0 radical (unpaired) electrons. The van der Waals surface area contributed by atoms with Gasteiger partial charge >= 0.3 is 0 Å². The zero-order chi connectivity index (χ0) is 17.1. The minimum Gasteiger partial charge on any atom is -0.335 e. The molecule has 0 aliphatic carbocycles. The van der Waals surface area contributed by atoms with Crippen LogP contribution in [-0.4, -0.2) is 46.9 Å². The molecular weight excluding hydrogens is 325 g/mol. The first-order chi connectivity index (χ1) is 11.6. The fourth-order valence-electron chi connectivity index (χ4n) is 3.02. The van der Waals surface area contributed by atoms with Gasteiger partial charge in [0.15, 0.2) is 0 Å². The third-order valence-corrected chi connectivity index (χ3v) is 5.29. The number of amides is 1. The standard InChI is InChI=1S/C18H22FN3OS/c1-3-16-17(24-13(2)20-16)18(23)22-9-7-21(8-10-22)12-14-5-4-6-15(19)11-14/h4-6,11H,3,7-10,12H2,1-2H3. The van der Waals surface area contributed by atoms with Gasteiger partial charge in [-0.25, -0.2) is 9.37 Å². The lowest BCUT2D eigenvalue weighted by molar-refractivity contribution is 0.0632. The minimum atomic E-state index is -0.200. The number of aryl methyl sites for hydroxylation is 2. The van der Waals surface area contributed by atoms with Crippen molar-refractivity contribution in [3.8, 4) is 0 Å². The van der Waals surface area contributed by atoms with Crippen molar-refractivity contribution in [2.45, 2.75) is 26.8 Å². The van der Waals surface area contributed by atoms with Gasteiger partial charge in [0.05, 0.1) is 10.7 Å². The number of hydrogen-bond acceptors (Lipinski definition) is 4. The number of thiazole rings is 1. The van der Waals surface area contributed by atoms with Gasteiger partial charge in [0, 0.05) is 32.7 Å². The molecule has 2 heterocycles. The molecule has 1 aliphatic heterocycles. The lowest BCUT2D eigenvalue weighted by Crippen LogP contribution is -2.48. The number of hydrogen-bond donors (Lipinski definition) is 0. The van der Waals surface area contributed by atoms with Gasteiger partial charge in [0.1, 0.15) is 10.7 Å². The fraction of sp³-hybridized carbons (Fsp3) is 0.444. The summed E-state index contributed by atoms with van der Waals surface area (Å²) in [5.41, 5.74) is 1.88. The summed E-state index contributed by atoms with van der Waals surface area (Å²) in [6.07, 6.45) is 0.783. The summed E-state index contributed by atoms with van der Waals surface area (Å²) in [7, 11) is 0. The summed E-state index contributed by atoms with van der Waals surface area (Å²) < 4.78 is 13.3. The second kappa shape index (κ2) is 7.40. The smallest absolute Gasteiger partial charge is 0.265 e. The van der Waals surface area contributed by atoms with Crippen LogP contribution < -0.4 is 0 Å². The molecule has 2 aromatic rings. The molecule has 0 atom stereocenters. The Morgan fingerprint density at radius 1 is 1.29 bits per heavy atom. The number of benzene rings is 1. The predicted octanol–water partition coefficient (Wildman–Crippen LogP) is 3.11. The van der Waals surface area contributed by atoms with Gasteiger partial charge in [-0.1, -0.05) is 19.1 Å². The Labute approximate surface area is 145 Å². The van der Waals surface area contributed by atoms with Crippen LogP contribution in [0.25, 0.3) is 0 Å². The molecule has 0 saturated carbocycles. The summed E-state index contributed by atoms with van der Waals surface area (Å²) in [4.78, 5) is 22.1. The van der Waals surface area contributed by atoms with E-state index in [1.54, 1.807) is 12.1 Å². The lowest BCUT2D eigenvalue weighted by atomic mass is 10.2. The first-order valence-electron chi connectivity index (χ1n) is 8.29. The second-order valence-electron chi connectivity index (χ2n) is 6.06. The molecule has 0 unspecified atom stereocenters. The van der Waals surface area contributed by atoms with E-state index in [-0.39, 0.29) is 11.7 Å². The maximum Gasteiger partial charge on any atom is 0.265 e. The maximum atomic E-state index is 13.3. The zero-order valence-corrected chi connectivity index (χ0v) is 14.9. The Morgan fingerprint density at radius 3 is 2.71 bits per heavy atom. The topological polar surface area (TPSA) is 36.4 Å². The normalized spacial score (nSPS) is 15.7. The molecule has 0 spiro atoms. The van der Waals surface area contributed by atoms with E-state index in [0.29, 0.717) is 13.1 Å². The highest BCUT2D eigenvalue weighted by Crippen LogP contribution is 2.21. The molecule has 24 heavy (non-hydrogen) atoms. The van der Waals surface area contributed by atoms with E-state index in [2.05, 4.69) is 9.88 Å². The van der Waals surface area contributed by atoms with E-state index < -0.39 is 0 Å². The molecule has 1 amide bonds. The van der Waals surface area contributed by atoms with Gasteiger partial charge in [0.2, 0.25) is 0 Å². The van der Waals surface area contributed by atoms with Crippen LogP contribution in [0.4, 0.5) is 4.39 Å². The molecule has 1 aromatic carbocycles. The molecule has 0 bridgehead atoms. The highest BCUT2D eigenvalue weighted by Gasteiger charge is 2.25. The van der Waals surface area contributed by atoms with Crippen LogP contribution in [0.15, 0.2) is 24.3 Å². The SMILES string of the molecule is CCc1nc(C)sc1C(=O)N1CCN(Cc2cccc(F)c2)CC1. The summed E-state index contributed by atoms with van der Waals surface area (Å²) in [6, 6.07) is 6.71. The Kier molecular flexibility index (Phi) is 5.26. The van der Waals surface area contributed by atoms with Crippen molar-refractivity contribution in [3.05, 3.63) is 51.2 Å². The largest absolute Gasteiger partial charge is 0.335 e. The molecule has 1 fully saturated rings. The molecule has 1 aliphatic rings. The number of nitrogens with zero attached hydrogens (tertiary/aromatic N) is 3. The van der Waals surface area contributed by atoms with E-state index >= 15 is 0 Å². The average molecular weight is 347 g/mol. The van der Waals surface area contributed by atoms with Crippen LogP contribution in [-0.2, 0) is 13.0 Å². The van der Waals surface area contributed by atoms with Crippen molar-refractivity contribution in [2.24, 2.45) is 0 Å². The van der Waals surface area contributed by atoms with Crippen LogP contribution in [0.1, 0.15) is 32.9 Å². The number of halogens is 1. The minimum absolute atomic E-state index is 0.0999. The van der Waals surface area contributed by atoms with Crippen molar-refractivity contribution >= 4 is 17.2 Å². The Balaban J connectivity index is 1.59. The van der Waals surface area contributed by atoms with E-state index in [4.69, 9.17) is 0 Å². The van der Waals surface area contributed by atoms with Gasteiger partial charge in [-0.3, -0.25) is 9.69 Å². The highest BCUT2D eigenvalue weighted by atomic mass is 32.1. The quantitative estimate of drug-likeness (QED) is 0.853. The van der Waals surface area contributed by atoms with Gasteiger partial charge in [0.25, 0.3) is 5.91 Å². The third kappa shape index (κ3) is 3.82. The summed E-state index contributed by atoms with van der Waals surface area (Å²) in [6.45, 7) is 7.71. The molecule has 1 aromatic heterocycles. The first-order valence-corrected chi connectivity index (χ1v) is 9.11. The Bertz CT molecular complexity index is 723. The summed E-state index contributed by atoms with van der Waals surface area (Å²) >= 11 is 1.49. The zero-order valence-electron chi connectivity index (χ0n) is 14.1. The van der Waals surface area contributed by atoms with Gasteiger partial charge in [-0.15, -0.1) is 11.3 Å². The van der Waals surface area contributed by atoms with Crippen LogP contribution in [0.2, 0.25) is 0 Å². The average Bonchev–Trinajstić information content (AvgIpc) is 2.96. The first kappa shape index (κ1) is 17.0. The number of piperazine rings is 1. The van der Waals surface area contributed by atoms with Crippen LogP contribution in [0.3, 0.4) is 0 Å². The van der Waals surface area contributed by atoms with Crippen LogP contribution in [0.5, 0.6) is 0 Å². The van der Waals surface area contributed by atoms with Crippen molar-refractivity contribution in [1.29, 1.82) is 0 Å². The van der Waals surface area contributed by atoms with E-state index in [1.807, 2.05) is 24.8 Å². The fourth-order valence-corrected chi connectivity index (χ4v) is 4.00. The van der Waals surface area contributed by atoms with E-state index in [1.165, 1.54) is 17.4 Å². The van der Waals surface area contributed by atoms with Gasteiger partial charge in [-0.05, 0) is 31.0 Å². The number of rotatable bonds is 4. The second-order valence-corrected chi connectivity index (χ2v) is 7.26. The number of aromatic nitrogens is 1. The highest BCUT2D eigenvalue weighted by molar-refractivity contribution is 7.13. The van der Waals surface area contributed by atoms with Crippen LogP contribution in [0, 0.1) is 12.7 Å². The van der Waals surface area contributed by atoms with E-state index in [9.17, 15) is 9.18 Å². The lowest BCUT2D eigenvalue weighted by Gasteiger charge is -2.34. The molecule has 1 saturated heterocycles. The van der Waals surface area contributed by atoms with Crippen LogP contribution >= 0.6 is 11.3 Å². The molecule has 0 N–H and O–H groups in total. The van der Waals surface area contributed by atoms with Gasteiger partial charge in [-0.2, -0.15) is 0 Å². The van der Waals surface area contributed by atoms with Crippen molar-refractivity contribution in [3.63, 3.8) is 0 Å².